The monoisotopic (exact) mass is 503 g/mol. The number of anilines is 1. The van der Waals surface area contributed by atoms with E-state index in [9.17, 15) is 18.0 Å². The average molecular weight is 504 g/mol. The summed E-state index contributed by atoms with van der Waals surface area (Å²) in [7, 11) is -3.82. The Hall–Kier alpha value is -3.27. The highest BCUT2D eigenvalue weighted by molar-refractivity contribution is 7.92. The number of benzene rings is 2. The molecule has 2 amide bonds. The molecule has 2 aromatic carbocycles. The van der Waals surface area contributed by atoms with Crippen molar-refractivity contribution in [3.05, 3.63) is 54.1 Å². The Morgan fingerprint density at radius 2 is 1.66 bits per heavy atom. The smallest absolute Gasteiger partial charge is 0.244 e. The van der Waals surface area contributed by atoms with E-state index in [1.807, 2.05) is 44.2 Å². The minimum Gasteiger partial charge on any atom is -0.486 e. The Morgan fingerprint density at radius 3 is 2.29 bits per heavy atom. The molecule has 3 rings (SSSR count). The van der Waals surface area contributed by atoms with Gasteiger partial charge in [-0.1, -0.05) is 30.3 Å². The number of carbonyl (C=O) groups is 2. The predicted octanol–water partition coefficient (Wildman–Crippen LogP) is 2.21. The highest BCUT2D eigenvalue weighted by atomic mass is 32.2. The van der Waals surface area contributed by atoms with Crippen molar-refractivity contribution in [2.75, 3.05) is 36.9 Å². The van der Waals surface area contributed by atoms with Crippen LogP contribution in [0.25, 0.3) is 0 Å². The number of rotatable bonds is 10. The summed E-state index contributed by atoms with van der Waals surface area (Å²) in [5.74, 6) is 0.156. The number of amides is 2. The van der Waals surface area contributed by atoms with Gasteiger partial charge in [0.1, 0.15) is 25.8 Å². The molecule has 1 atom stereocenters. The Kier molecular flexibility index (Phi) is 8.61. The highest BCUT2D eigenvalue weighted by Crippen LogP contribution is 2.34. The predicted molar refractivity (Wildman–Crippen MR) is 134 cm³/mol. The van der Waals surface area contributed by atoms with E-state index in [4.69, 9.17) is 9.47 Å². The molecule has 0 unspecified atom stereocenters. The first-order valence-corrected chi connectivity index (χ1v) is 13.4. The molecule has 35 heavy (non-hydrogen) atoms. The zero-order chi connectivity index (χ0) is 25.6. The topological polar surface area (TPSA) is 105 Å². The number of carbonyl (C=O) groups excluding carboxylic acids is 2. The lowest BCUT2D eigenvalue weighted by molar-refractivity contribution is -0.139. The molecular weight excluding hydrogens is 470 g/mol. The average Bonchev–Trinajstić information content (AvgIpc) is 2.81. The fraction of sp³-hybridized carbons (Fsp3) is 0.440. The molecule has 0 radical (unpaired) electrons. The number of fused-ring (bicyclic) bond motifs is 1. The van der Waals surface area contributed by atoms with E-state index in [0.29, 0.717) is 31.1 Å². The second kappa shape index (κ2) is 11.4. The molecule has 1 N–H and O–H groups in total. The lowest BCUT2D eigenvalue weighted by Crippen LogP contribution is -2.53. The number of hydrogen-bond acceptors (Lipinski definition) is 6. The summed E-state index contributed by atoms with van der Waals surface area (Å²) < 4.78 is 37.5. The second-order valence-electron chi connectivity index (χ2n) is 8.76. The molecule has 0 aromatic heterocycles. The molecule has 9 nitrogen and oxygen atoms in total. The molecule has 1 aliphatic rings. The first-order chi connectivity index (χ1) is 16.6. The normalized spacial score (nSPS) is 13.7. The molecule has 0 saturated heterocycles. The van der Waals surface area contributed by atoms with Crippen LogP contribution in [-0.2, 0) is 26.0 Å². The summed E-state index contributed by atoms with van der Waals surface area (Å²) in [6.07, 6.45) is 1.56. The third-order valence-corrected chi connectivity index (χ3v) is 6.72. The molecular formula is C25H33N3O6S. The maximum Gasteiger partial charge on any atom is 0.244 e. The van der Waals surface area contributed by atoms with Gasteiger partial charge in [0.05, 0.1) is 11.9 Å². The molecule has 1 heterocycles. The first-order valence-electron chi connectivity index (χ1n) is 11.6. The van der Waals surface area contributed by atoms with Crippen molar-refractivity contribution in [2.24, 2.45) is 0 Å². The lowest BCUT2D eigenvalue weighted by atomic mass is 10.1. The molecule has 0 bridgehead atoms. The summed E-state index contributed by atoms with van der Waals surface area (Å²) in [6.45, 7) is 5.90. The van der Waals surface area contributed by atoms with Gasteiger partial charge in [-0.05, 0) is 44.9 Å². The van der Waals surface area contributed by atoms with Crippen LogP contribution in [0.5, 0.6) is 11.5 Å². The summed E-state index contributed by atoms with van der Waals surface area (Å²) in [5.41, 5.74) is 1.29. The largest absolute Gasteiger partial charge is 0.486 e. The minimum absolute atomic E-state index is 0.0961. The van der Waals surface area contributed by atoms with Gasteiger partial charge >= 0.3 is 0 Å². The first kappa shape index (κ1) is 26.3. The van der Waals surface area contributed by atoms with Crippen molar-refractivity contribution in [1.29, 1.82) is 0 Å². The molecule has 190 valence electrons. The van der Waals surface area contributed by atoms with E-state index >= 15 is 0 Å². The van der Waals surface area contributed by atoms with Crippen LogP contribution in [0.15, 0.2) is 48.5 Å². The number of sulfonamides is 1. The van der Waals surface area contributed by atoms with Gasteiger partial charge in [0.25, 0.3) is 0 Å². The van der Waals surface area contributed by atoms with Crippen molar-refractivity contribution in [3.63, 3.8) is 0 Å². The number of nitrogens with zero attached hydrogens (tertiary/aromatic N) is 2. The molecule has 2 aromatic rings. The molecule has 0 fully saturated rings. The van der Waals surface area contributed by atoms with Crippen LogP contribution >= 0.6 is 0 Å². The quantitative estimate of drug-likeness (QED) is 0.533. The maximum absolute atomic E-state index is 13.5. The van der Waals surface area contributed by atoms with E-state index in [1.54, 1.807) is 25.1 Å². The third-order valence-electron chi connectivity index (χ3n) is 5.58. The minimum atomic E-state index is -3.82. The van der Waals surface area contributed by atoms with Crippen LogP contribution in [0.3, 0.4) is 0 Å². The molecule has 1 aliphatic heterocycles. The Morgan fingerprint density at radius 1 is 1.00 bits per heavy atom. The van der Waals surface area contributed by atoms with Crippen molar-refractivity contribution >= 4 is 27.5 Å². The van der Waals surface area contributed by atoms with Gasteiger partial charge in [0, 0.05) is 18.7 Å². The van der Waals surface area contributed by atoms with Crippen molar-refractivity contribution in [2.45, 2.75) is 39.3 Å². The van der Waals surface area contributed by atoms with E-state index < -0.39 is 28.5 Å². The number of ether oxygens (including phenoxy) is 2. The van der Waals surface area contributed by atoms with Crippen LogP contribution in [0.4, 0.5) is 5.69 Å². The van der Waals surface area contributed by atoms with Crippen LogP contribution in [0.2, 0.25) is 0 Å². The standard InChI is InChI=1S/C25H33N3O6S/c1-18(2)26-25(30)19(3)27(13-12-20-8-6-5-7-9-20)24(29)17-28(35(4,31)32)21-10-11-22-23(16-21)34-15-14-33-22/h5-11,16,18-19H,12-15,17H2,1-4H3,(H,26,30)/t19-/m0/s1. The fourth-order valence-corrected chi connectivity index (χ4v) is 4.62. The second-order valence-corrected chi connectivity index (χ2v) is 10.7. The van der Waals surface area contributed by atoms with Gasteiger partial charge in [-0.25, -0.2) is 8.42 Å². The van der Waals surface area contributed by atoms with Gasteiger partial charge in [-0.15, -0.1) is 0 Å². The van der Waals surface area contributed by atoms with Gasteiger partial charge < -0.3 is 19.7 Å². The van der Waals surface area contributed by atoms with Crippen molar-refractivity contribution in [3.8, 4) is 11.5 Å². The number of hydrogen-bond donors (Lipinski definition) is 1. The molecule has 10 heteroatoms. The van der Waals surface area contributed by atoms with E-state index in [1.165, 1.54) is 4.90 Å². The van der Waals surface area contributed by atoms with E-state index in [-0.39, 0.29) is 24.2 Å². The Labute approximate surface area is 207 Å². The summed E-state index contributed by atoms with van der Waals surface area (Å²) in [6, 6.07) is 13.5. The van der Waals surface area contributed by atoms with E-state index in [2.05, 4.69) is 5.32 Å². The van der Waals surface area contributed by atoms with Crippen LogP contribution in [-0.4, -0.2) is 69.8 Å². The maximum atomic E-state index is 13.5. The van der Waals surface area contributed by atoms with Crippen LogP contribution in [0.1, 0.15) is 26.3 Å². The van der Waals surface area contributed by atoms with Crippen molar-refractivity contribution < 1.29 is 27.5 Å². The number of nitrogens with one attached hydrogen (secondary N) is 1. The van der Waals surface area contributed by atoms with Crippen LogP contribution in [0, 0.1) is 0 Å². The highest BCUT2D eigenvalue weighted by Gasteiger charge is 2.30. The molecule has 0 spiro atoms. The fourth-order valence-electron chi connectivity index (χ4n) is 3.78. The third kappa shape index (κ3) is 7.11. The lowest BCUT2D eigenvalue weighted by Gasteiger charge is -2.32. The van der Waals surface area contributed by atoms with Gasteiger partial charge in [-0.3, -0.25) is 13.9 Å². The zero-order valence-corrected chi connectivity index (χ0v) is 21.4. The van der Waals surface area contributed by atoms with E-state index in [0.717, 1.165) is 16.1 Å². The SMILES string of the molecule is CC(C)NC(=O)[C@H](C)N(CCc1ccccc1)C(=O)CN(c1ccc2c(c1)OCCO2)S(C)(=O)=O. The summed E-state index contributed by atoms with van der Waals surface area (Å²) in [4.78, 5) is 27.7. The molecule has 0 aliphatic carbocycles. The Balaban J connectivity index is 1.86. The molecule has 0 saturated carbocycles. The van der Waals surface area contributed by atoms with Gasteiger partial charge in [0.15, 0.2) is 11.5 Å². The zero-order valence-electron chi connectivity index (χ0n) is 20.6. The Bertz CT molecular complexity index is 1140. The van der Waals surface area contributed by atoms with Gasteiger partial charge in [-0.2, -0.15) is 0 Å². The van der Waals surface area contributed by atoms with Crippen molar-refractivity contribution in [1.82, 2.24) is 10.2 Å². The summed E-state index contributed by atoms with van der Waals surface area (Å²) in [5, 5.41) is 2.83. The summed E-state index contributed by atoms with van der Waals surface area (Å²) >= 11 is 0. The van der Waals surface area contributed by atoms with Crippen LogP contribution < -0.4 is 19.1 Å². The van der Waals surface area contributed by atoms with Gasteiger partial charge in [0.2, 0.25) is 21.8 Å².